The topological polar surface area (TPSA) is 102 Å². The molecule has 0 aliphatic heterocycles. The number of nitrogens with one attached hydrogen (secondary N) is 2. The lowest BCUT2D eigenvalue weighted by molar-refractivity contribution is -0.119. The van der Waals surface area contributed by atoms with Crippen molar-refractivity contribution in [1.82, 2.24) is 30.8 Å². The highest BCUT2D eigenvalue weighted by Crippen LogP contribution is 2.24. The number of carbonyl (C=O) groups is 2. The van der Waals surface area contributed by atoms with Crippen molar-refractivity contribution in [3.05, 3.63) is 29.3 Å². The minimum Gasteiger partial charge on any atom is -0.336 e. The van der Waals surface area contributed by atoms with Crippen molar-refractivity contribution >= 4 is 23.7 Å². The predicted molar refractivity (Wildman–Crippen MR) is 95.8 cm³/mol. The maximum Gasteiger partial charge on any atom is 0.321 e. The first-order chi connectivity index (χ1) is 11.8. The molecule has 1 aromatic carbocycles. The van der Waals surface area contributed by atoms with E-state index in [9.17, 15) is 9.59 Å². The Labute approximate surface area is 150 Å². The van der Waals surface area contributed by atoms with E-state index >= 15 is 0 Å². The normalized spacial score (nSPS) is 12.1. The molecule has 0 bridgehead atoms. The smallest absolute Gasteiger partial charge is 0.321 e. The van der Waals surface area contributed by atoms with Gasteiger partial charge in [-0.15, -0.1) is 5.10 Å². The Morgan fingerprint density at radius 3 is 2.56 bits per heavy atom. The molecule has 134 valence electrons. The predicted octanol–water partition coefficient (Wildman–Crippen LogP) is 1.99. The van der Waals surface area contributed by atoms with Crippen LogP contribution in [-0.4, -0.2) is 43.4 Å². The SMILES string of the molecule is Cc1ccc(-n2nnnc2S[C@@H](C)C(=O)NC(=O)NC(C)C)c(C)c1. The third-order valence-electron chi connectivity index (χ3n) is 3.33. The van der Waals surface area contributed by atoms with Crippen molar-refractivity contribution in [2.24, 2.45) is 0 Å². The summed E-state index contributed by atoms with van der Waals surface area (Å²) in [6.07, 6.45) is 0. The number of urea groups is 1. The maximum absolute atomic E-state index is 12.1. The minimum atomic E-state index is -0.534. The Balaban J connectivity index is 2.10. The molecule has 0 fully saturated rings. The monoisotopic (exact) mass is 362 g/mol. The molecule has 1 atom stereocenters. The van der Waals surface area contributed by atoms with Crippen LogP contribution in [0.3, 0.4) is 0 Å². The van der Waals surface area contributed by atoms with Crippen LogP contribution in [0, 0.1) is 13.8 Å². The van der Waals surface area contributed by atoms with Crippen LogP contribution < -0.4 is 10.6 Å². The van der Waals surface area contributed by atoms with E-state index in [4.69, 9.17) is 0 Å². The van der Waals surface area contributed by atoms with E-state index in [1.807, 2.05) is 45.9 Å². The molecule has 9 heteroatoms. The van der Waals surface area contributed by atoms with Gasteiger partial charge in [-0.3, -0.25) is 10.1 Å². The molecule has 3 amide bonds. The summed E-state index contributed by atoms with van der Waals surface area (Å²) in [5.74, 6) is -0.404. The number of amides is 3. The molecule has 8 nitrogen and oxygen atoms in total. The van der Waals surface area contributed by atoms with Crippen LogP contribution >= 0.6 is 11.8 Å². The van der Waals surface area contributed by atoms with Crippen LogP contribution in [0.25, 0.3) is 5.69 Å². The van der Waals surface area contributed by atoms with Crippen LogP contribution in [0.15, 0.2) is 23.4 Å². The lowest BCUT2D eigenvalue weighted by Gasteiger charge is -2.13. The number of thioether (sulfide) groups is 1. The molecule has 0 spiro atoms. The first kappa shape index (κ1) is 18.9. The van der Waals surface area contributed by atoms with E-state index in [1.54, 1.807) is 11.6 Å². The molecule has 0 saturated carbocycles. The quantitative estimate of drug-likeness (QED) is 0.789. The molecule has 1 aromatic heterocycles. The lowest BCUT2D eigenvalue weighted by atomic mass is 10.1. The van der Waals surface area contributed by atoms with Crippen molar-refractivity contribution in [2.75, 3.05) is 0 Å². The van der Waals surface area contributed by atoms with Gasteiger partial charge in [-0.25, -0.2) is 4.79 Å². The van der Waals surface area contributed by atoms with Crippen LogP contribution in [0.1, 0.15) is 31.9 Å². The third-order valence-corrected chi connectivity index (χ3v) is 4.36. The van der Waals surface area contributed by atoms with Crippen LogP contribution in [-0.2, 0) is 4.79 Å². The second kappa shape index (κ2) is 8.11. The number of nitrogens with zero attached hydrogens (tertiary/aromatic N) is 4. The summed E-state index contributed by atoms with van der Waals surface area (Å²) < 4.78 is 1.59. The second-order valence-corrected chi connectivity index (χ2v) is 7.35. The standard InChI is InChI=1S/C16H22N6O2S/c1-9(2)17-15(24)18-14(23)12(5)25-16-19-20-21-22(16)13-7-6-10(3)8-11(13)4/h6-9,12H,1-5H3,(H2,17,18,23,24)/t12-/m0/s1. The lowest BCUT2D eigenvalue weighted by Crippen LogP contribution is -2.45. The summed E-state index contributed by atoms with van der Waals surface area (Å²) >= 11 is 1.19. The van der Waals surface area contributed by atoms with E-state index in [-0.39, 0.29) is 6.04 Å². The largest absolute Gasteiger partial charge is 0.336 e. The summed E-state index contributed by atoms with van der Waals surface area (Å²) in [6.45, 7) is 9.33. The van der Waals surface area contributed by atoms with Crippen molar-refractivity contribution < 1.29 is 9.59 Å². The Bertz CT molecular complexity index is 774. The van der Waals surface area contributed by atoms with Gasteiger partial charge < -0.3 is 5.32 Å². The van der Waals surface area contributed by atoms with Crippen molar-refractivity contribution in [1.29, 1.82) is 0 Å². The van der Waals surface area contributed by atoms with Crippen molar-refractivity contribution in [2.45, 2.75) is 51.1 Å². The molecule has 0 saturated heterocycles. The number of hydrogen-bond acceptors (Lipinski definition) is 6. The highest BCUT2D eigenvalue weighted by Gasteiger charge is 2.21. The summed E-state index contributed by atoms with van der Waals surface area (Å²) in [6, 6.07) is 5.39. The van der Waals surface area contributed by atoms with E-state index in [0.29, 0.717) is 5.16 Å². The fourth-order valence-electron chi connectivity index (χ4n) is 2.17. The van der Waals surface area contributed by atoms with Gasteiger partial charge in [-0.05, 0) is 56.7 Å². The number of imide groups is 1. The first-order valence-electron chi connectivity index (χ1n) is 7.92. The van der Waals surface area contributed by atoms with E-state index in [2.05, 4.69) is 26.2 Å². The first-order valence-corrected chi connectivity index (χ1v) is 8.80. The van der Waals surface area contributed by atoms with Gasteiger partial charge in [0.05, 0.1) is 10.9 Å². The number of benzene rings is 1. The van der Waals surface area contributed by atoms with Gasteiger partial charge in [0.2, 0.25) is 11.1 Å². The zero-order valence-corrected chi connectivity index (χ0v) is 15.7. The van der Waals surface area contributed by atoms with Gasteiger partial charge in [-0.2, -0.15) is 4.68 Å². The summed E-state index contributed by atoms with van der Waals surface area (Å²) in [7, 11) is 0. The molecule has 25 heavy (non-hydrogen) atoms. The maximum atomic E-state index is 12.1. The molecule has 0 aliphatic rings. The van der Waals surface area contributed by atoms with Gasteiger partial charge in [0.1, 0.15) is 0 Å². The molecular weight excluding hydrogens is 340 g/mol. The Morgan fingerprint density at radius 1 is 1.20 bits per heavy atom. The van der Waals surface area contributed by atoms with Crippen LogP contribution in [0.2, 0.25) is 0 Å². The van der Waals surface area contributed by atoms with Crippen molar-refractivity contribution in [3.8, 4) is 5.69 Å². The molecule has 2 N–H and O–H groups in total. The molecule has 1 heterocycles. The van der Waals surface area contributed by atoms with Gasteiger partial charge >= 0.3 is 6.03 Å². The number of aryl methyl sites for hydroxylation is 2. The number of hydrogen-bond donors (Lipinski definition) is 2. The third kappa shape index (κ3) is 5.02. The summed E-state index contributed by atoms with van der Waals surface area (Å²) in [5, 5.41) is 16.6. The average Bonchev–Trinajstić information content (AvgIpc) is 2.94. The van der Waals surface area contributed by atoms with Gasteiger partial charge in [0, 0.05) is 6.04 Å². The Morgan fingerprint density at radius 2 is 1.92 bits per heavy atom. The van der Waals surface area contributed by atoms with E-state index in [0.717, 1.165) is 16.8 Å². The summed E-state index contributed by atoms with van der Waals surface area (Å²) in [5.41, 5.74) is 3.03. The fourth-order valence-corrected chi connectivity index (χ4v) is 2.97. The minimum absolute atomic E-state index is 0.0485. The van der Waals surface area contributed by atoms with Gasteiger partial charge in [-0.1, -0.05) is 29.5 Å². The summed E-state index contributed by atoms with van der Waals surface area (Å²) in [4.78, 5) is 23.8. The highest BCUT2D eigenvalue weighted by atomic mass is 32.2. The number of carbonyl (C=O) groups excluding carboxylic acids is 2. The van der Waals surface area contributed by atoms with Gasteiger partial charge in [0.25, 0.3) is 0 Å². The molecule has 2 rings (SSSR count). The Kier molecular flexibility index (Phi) is 6.13. The average molecular weight is 362 g/mol. The van der Waals surface area contributed by atoms with E-state index in [1.165, 1.54) is 11.8 Å². The van der Waals surface area contributed by atoms with Crippen LogP contribution in [0.5, 0.6) is 0 Å². The molecule has 0 radical (unpaired) electrons. The van der Waals surface area contributed by atoms with Crippen LogP contribution in [0.4, 0.5) is 4.79 Å². The zero-order valence-electron chi connectivity index (χ0n) is 14.9. The molecule has 2 aromatic rings. The zero-order chi connectivity index (χ0) is 18.6. The van der Waals surface area contributed by atoms with Crippen molar-refractivity contribution in [3.63, 3.8) is 0 Å². The molecule has 0 unspecified atom stereocenters. The molecular formula is C16H22N6O2S. The highest BCUT2D eigenvalue weighted by molar-refractivity contribution is 8.00. The number of rotatable bonds is 5. The Hall–Kier alpha value is -2.42. The second-order valence-electron chi connectivity index (χ2n) is 6.04. The van der Waals surface area contributed by atoms with Gasteiger partial charge in [0.15, 0.2) is 0 Å². The van der Waals surface area contributed by atoms with E-state index < -0.39 is 17.2 Å². The number of aromatic nitrogens is 4. The fraction of sp³-hybridized carbons (Fsp3) is 0.438. The number of tetrazole rings is 1. The molecule has 0 aliphatic carbocycles.